The zero-order valence-electron chi connectivity index (χ0n) is 42.2. The zero-order chi connectivity index (χ0) is 64.4. The number of fused-ring (bicyclic) bond motifs is 1. The van der Waals surface area contributed by atoms with E-state index in [4.69, 9.17) is 25.2 Å². The van der Waals surface area contributed by atoms with Gasteiger partial charge in [0.15, 0.2) is 0 Å². The molecular weight excluding hydrogens is 5390 g/mol. The molecule has 12 nitrogen and oxygen atoms in total. The first-order valence-electron chi connectivity index (χ1n) is 19.1. The van der Waals surface area contributed by atoms with E-state index in [0.717, 1.165) is 11.2 Å². The van der Waals surface area contributed by atoms with Crippen molar-refractivity contribution in [1.82, 2.24) is 4.90 Å². The van der Waals surface area contributed by atoms with E-state index in [1.165, 1.54) is 7.05 Å². The van der Waals surface area contributed by atoms with Crippen molar-refractivity contribution >= 4 is 521 Å². The minimum atomic E-state index is -3.29. The van der Waals surface area contributed by atoms with Crippen LogP contribution in [0.5, 0.6) is 0 Å². The Kier molecular flexibility index (Phi) is 113. The average Bonchev–Trinajstić information content (AvgIpc) is 3.66. The van der Waals surface area contributed by atoms with E-state index in [1.807, 2.05) is 48.5 Å². The van der Waals surface area contributed by atoms with Crippen molar-refractivity contribution in [3.8, 4) is 0 Å². The second-order valence-electron chi connectivity index (χ2n) is 11.6. The predicted molar refractivity (Wildman–Crippen MR) is 671 cm³/mol. The second kappa shape index (κ2) is 77.4. The fourth-order valence-corrected chi connectivity index (χ4v) is 6080. The van der Waals surface area contributed by atoms with E-state index < -0.39 is 129 Å². The van der Waals surface area contributed by atoms with Gasteiger partial charge in [0.25, 0.3) is 21.9 Å². The standard InChI is InChI=1S/C9H7NO2.C6H14O4S.C5H13NO2.C5H12O2.2C2H6.I35.I3/c1-10-8(11)6-4-2-3-5-7(6)9(10)12;1-6(4-9-2)5-10-11(3,7)8;1-5(3-7-2)4-8-6;1-5(3-6)4-7-2;2*1-2;1-19-21(4)23(6)25(8)27(10)29(12)31(14)33(16)35(18)34(17)32(15)30(13)28(11)26(9)24(7)22(5)20(2)3;1-3-2/h2-5H,1H3;6H,4-5H2,1-3H3;5H,3-4,6H2,1-2H3;5-6H,3-4H2,1-2H3;2*1-2H3;;/q;;;;;;2*-1. The maximum atomic E-state index is 11.3. The molecule has 1 aliphatic heterocycles. The van der Waals surface area contributed by atoms with Crippen molar-refractivity contribution in [3.05, 3.63) is 35.4 Å². The van der Waals surface area contributed by atoms with Crippen molar-refractivity contribution in [3.63, 3.8) is 0 Å². The quantitative estimate of drug-likeness (QED) is 0.0355. The molecule has 0 radical (unpaired) electrons. The van der Waals surface area contributed by atoms with E-state index in [9.17, 15) is 18.0 Å². The van der Waals surface area contributed by atoms with E-state index in [2.05, 4.69) is 381 Å². The van der Waals surface area contributed by atoms with Gasteiger partial charge in [0.1, 0.15) is 0 Å². The first-order chi connectivity index (χ1) is 37.1. The van der Waals surface area contributed by atoms with Crippen molar-refractivity contribution in [2.75, 3.05) is 74.3 Å². The van der Waals surface area contributed by atoms with Crippen LogP contribution in [0.15, 0.2) is 24.3 Å². The average molecular weight is 5450 g/mol. The number of methoxy groups -OCH3 is 3. The molecule has 3 N–H and O–H groups in total. The van der Waals surface area contributed by atoms with Gasteiger partial charge in [-0.3, -0.25) is 18.7 Å². The van der Waals surface area contributed by atoms with Gasteiger partial charge in [-0.2, -0.15) is 8.42 Å². The molecule has 3 atom stereocenters. The Balaban J connectivity index is -0.000000245. The van der Waals surface area contributed by atoms with E-state index in [1.54, 1.807) is 45.6 Å². The first-order valence-corrected chi connectivity index (χ1v) is 247. The summed E-state index contributed by atoms with van der Waals surface area (Å²) in [5.41, 5.74) is 1.01. The van der Waals surface area contributed by atoms with Gasteiger partial charge >= 0.3 is 525 Å². The number of nitrogens with two attached hydrogens (primary N) is 1. The topological polar surface area (TPSA) is 164 Å². The van der Waals surface area contributed by atoms with Crippen molar-refractivity contribution in [1.29, 1.82) is 0 Å². The number of amides is 2. The summed E-state index contributed by atoms with van der Waals surface area (Å²) in [6.45, 7) is 16.6. The summed E-state index contributed by atoms with van der Waals surface area (Å²) < 4.78 is 39.8. The number of ether oxygens (including phenoxy) is 3. The number of halogens is 38. The van der Waals surface area contributed by atoms with Crippen LogP contribution < -0.4 is 32.4 Å². The Morgan fingerprint density at radius 3 is 1.01 bits per heavy atom. The SMILES string of the molecule is CC.CC.CN1C(=O)c2ccccc2C1=O.COCC(C)CO.COCC(C)CON.COCC(C)COS(C)(=O)=O.I[I-]I.I[I-]I(I)I(I)I(I)I(I)I(I)I(I)I(I)I(I)I(I)I(I)I(I)I(I)I(I)I(I)I(I)I(I)I. The molecule has 518 valence electrons. The maximum absolute atomic E-state index is 11.3. The number of carbonyl (C=O) groups is 2. The molecule has 1 aromatic rings. The molecule has 51 heteroatoms. The van der Waals surface area contributed by atoms with Crippen LogP contribution in [-0.2, 0) is 33.3 Å². The Hall–Kier alpha value is 25.8. The Labute approximate surface area is 748 Å². The molecule has 80 heavy (non-hydrogen) atoms. The third-order valence-corrected chi connectivity index (χ3v) is 2570. The zero-order valence-corrected chi connectivity index (χ0v) is 125. The van der Waals surface area contributed by atoms with Gasteiger partial charge in [0.05, 0.1) is 50.4 Å². The van der Waals surface area contributed by atoms with Gasteiger partial charge in [-0.1, -0.05) is 60.6 Å². The van der Waals surface area contributed by atoms with Crippen LogP contribution in [0, 0.1) is 17.8 Å². The molecule has 0 saturated carbocycles. The molecule has 1 aromatic carbocycles. The monoisotopic (exact) mass is 5450 g/mol. The van der Waals surface area contributed by atoms with Crippen LogP contribution >= 0.6 is 499 Å². The van der Waals surface area contributed by atoms with Crippen molar-refractivity contribution < 1.29 is 72.9 Å². The number of aliphatic hydroxyl groups excluding tert-OH is 1. The number of nitrogens with zero attached hydrogens (tertiary/aromatic N) is 1. The van der Waals surface area contributed by atoms with Crippen molar-refractivity contribution in [2.45, 2.75) is 48.5 Å². The third-order valence-electron chi connectivity index (χ3n) is 5.88. The summed E-state index contributed by atoms with van der Waals surface area (Å²) >= 11 is 63.4. The number of benzene rings is 1. The number of imide groups is 1. The molecule has 0 bridgehead atoms. The summed E-state index contributed by atoms with van der Waals surface area (Å²) in [4.78, 5) is 28.1. The number of hydrogen-bond acceptors (Lipinski definition) is 11. The van der Waals surface area contributed by atoms with Crippen LogP contribution in [0.3, 0.4) is 0 Å². The van der Waals surface area contributed by atoms with Crippen LogP contribution in [0.1, 0.15) is 69.2 Å². The minimum absolute atomic E-state index is 0.106. The first kappa shape index (κ1) is 117. The molecule has 1 heterocycles. The van der Waals surface area contributed by atoms with Crippen LogP contribution in [-0.4, -0.2) is 105 Å². The number of carbonyl (C=O) groups excluding carboxylic acids is 2. The van der Waals surface area contributed by atoms with E-state index in [0.29, 0.717) is 70.0 Å². The van der Waals surface area contributed by atoms with Crippen LogP contribution in [0.4, 0.5) is 0 Å². The molecule has 0 aromatic heterocycles. The molecule has 2 amide bonds. The summed E-state index contributed by atoms with van der Waals surface area (Å²) in [5.74, 6) is 5.16. The fourth-order valence-electron chi connectivity index (χ4n) is 3.16. The normalized spacial score (nSPS) is 15.4. The third kappa shape index (κ3) is 60.3. The summed E-state index contributed by atoms with van der Waals surface area (Å²) in [6, 6.07) is 6.84. The molecule has 2 rings (SSSR count). The van der Waals surface area contributed by atoms with Crippen molar-refractivity contribution in [2.24, 2.45) is 23.7 Å². The molecule has 3 unspecified atom stereocenters. The molecule has 0 saturated heterocycles. The van der Waals surface area contributed by atoms with E-state index >= 15 is 0 Å². The van der Waals surface area contributed by atoms with Gasteiger partial charge in [0, 0.05) is 52.7 Å². The number of hydrogen-bond donors (Lipinski definition) is 2. The molecule has 0 fully saturated rings. The van der Waals surface area contributed by atoms with Crippen LogP contribution in [0.25, 0.3) is 0 Å². The Morgan fingerprint density at radius 2 is 0.787 bits per heavy atom. The van der Waals surface area contributed by atoms with E-state index in [-0.39, 0.29) is 44.8 Å². The van der Waals surface area contributed by atoms with Gasteiger partial charge < -0.3 is 24.2 Å². The summed E-state index contributed by atoms with van der Waals surface area (Å²) in [7, 11) is -4.52. The molecule has 0 aliphatic carbocycles. The molecule has 1 aliphatic rings. The molecular formula is C29H58I38N2O10S-2. The summed E-state index contributed by atoms with van der Waals surface area (Å²) in [6.07, 6.45) is 1.03. The summed E-state index contributed by atoms with van der Waals surface area (Å²) in [5, 5.41) is 8.39. The Bertz CT molecular complexity index is 1720. The second-order valence-corrected chi connectivity index (χ2v) is 826. The Morgan fingerprint density at radius 1 is 0.525 bits per heavy atom. The predicted octanol–water partition coefficient (Wildman–Crippen LogP) is 29.5. The van der Waals surface area contributed by atoms with Gasteiger partial charge in [-0.15, -0.1) is 0 Å². The van der Waals surface area contributed by atoms with Gasteiger partial charge in [0.2, 0.25) is 0 Å². The number of rotatable bonds is 28. The fraction of sp³-hybridized carbons (Fsp3) is 0.724. The molecule has 0 spiro atoms. The van der Waals surface area contributed by atoms with Gasteiger partial charge in [-0.25, -0.2) is 5.90 Å². The van der Waals surface area contributed by atoms with Gasteiger partial charge in [-0.05, 0) is 12.1 Å². The van der Waals surface area contributed by atoms with Crippen LogP contribution in [0.2, 0.25) is 0 Å². The number of aliphatic hydroxyl groups is 1.